The lowest BCUT2D eigenvalue weighted by atomic mass is 9.82. The van der Waals surface area contributed by atoms with E-state index in [2.05, 4.69) is 13.8 Å². The molecule has 2 N–H and O–H groups in total. The number of hydrogen-bond acceptors (Lipinski definition) is 3. The van der Waals surface area contributed by atoms with Crippen LogP contribution in [0.15, 0.2) is 24.3 Å². The summed E-state index contributed by atoms with van der Waals surface area (Å²) in [5, 5.41) is 18.7. The van der Waals surface area contributed by atoms with Crippen LogP contribution in [0.25, 0.3) is 0 Å². The van der Waals surface area contributed by atoms with Gasteiger partial charge in [-0.15, -0.1) is 0 Å². The first kappa shape index (κ1) is 24.6. The Morgan fingerprint density at radius 2 is 1.69 bits per heavy atom. The Labute approximate surface area is 159 Å². The predicted octanol–water partition coefficient (Wildman–Crippen LogP) is 5.31. The molecule has 0 aliphatic rings. The minimum Gasteiger partial charge on any atom is -0.481 e. The van der Waals surface area contributed by atoms with Crippen molar-refractivity contribution >= 4 is 11.8 Å². The van der Waals surface area contributed by atoms with E-state index in [0.717, 1.165) is 44.9 Å². The Balaban J connectivity index is 4.65. The summed E-state index contributed by atoms with van der Waals surface area (Å²) in [5.74, 6) is -0.541. The van der Waals surface area contributed by atoms with Crippen LogP contribution in [-0.4, -0.2) is 28.1 Å². The number of allylic oxidation sites excluding steroid dienone is 3. The van der Waals surface area contributed by atoms with Gasteiger partial charge in [0.1, 0.15) is 5.78 Å². The third-order valence-electron chi connectivity index (χ3n) is 4.66. The summed E-state index contributed by atoms with van der Waals surface area (Å²) in [6.45, 7) is 5.89. The van der Waals surface area contributed by atoms with E-state index in [4.69, 9.17) is 5.11 Å². The van der Waals surface area contributed by atoms with Crippen molar-refractivity contribution in [3.8, 4) is 0 Å². The SMILES string of the molecule is CCCCCC(O)/C=C/C(CCC)[C@@H](C/C=C\CCCC(=O)O)C(C)=O. The lowest BCUT2D eigenvalue weighted by molar-refractivity contribution is -0.137. The van der Waals surface area contributed by atoms with E-state index in [9.17, 15) is 14.7 Å². The molecule has 0 fully saturated rings. The van der Waals surface area contributed by atoms with Crippen molar-refractivity contribution < 1.29 is 19.8 Å². The first-order valence-electron chi connectivity index (χ1n) is 10.2. The summed E-state index contributed by atoms with van der Waals surface area (Å²) >= 11 is 0. The Morgan fingerprint density at radius 1 is 0.962 bits per heavy atom. The first-order valence-corrected chi connectivity index (χ1v) is 10.2. The normalized spacial score (nSPS) is 15.4. The summed E-state index contributed by atoms with van der Waals surface area (Å²) in [5.41, 5.74) is 0. The van der Waals surface area contributed by atoms with Gasteiger partial charge < -0.3 is 10.2 Å². The average molecular weight is 367 g/mol. The van der Waals surface area contributed by atoms with E-state index < -0.39 is 12.1 Å². The number of aliphatic hydroxyl groups excluding tert-OH is 1. The lowest BCUT2D eigenvalue weighted by Gasteiger charge is -2.21. The van der Waals surface area contributed by atoms with Crippen LogP contribution in [0, 0.1) is 11.8 Å². The van der Waals surface area contributed by atoms with Crippen LogP contribution in [0.5, 0.6) is 0 Å². The number of carbonyl (C=O) groups is 2. The molecule has 26 heavy (non-hydrogen) atoms. The standard InChI is InChI=1S/C22H38O4/c1-4-6-9-13-20(24)17-16-19(12-5-2)21(18(3)23)14-10-7-8-11-15-22(25)26/h7,10,16-17,19-21,24H,4-6,8-9,11-15H2,1-3H3,(H,25,26)/b10-7-,17-16+/t19?,20?,21-/m0/s1. The molecular formula is C22H38O4. The molecule has 0 aliphatic heterocycles. The largest absolute Gasteiger partial charge is 0.481 e. The number of aliphatic carboxylic acids is 1. The Hall–Kier alpha value is -1.42. The van der Waals surface area contributed by atoms with Crippen molar-refractivity contribution in [1.29, 1.82) is 0 Å². The zero-order chi connectivity index (χ0) is 19.8. The Bertz CT molecular complexity index is 439. The number of carboxylic acid groups (broad SMARTS) is 1. The highest BCUT2D eigenvalue weighted by atomic mass is 16.4. The van der Waals surface area contributed by atoms with Crippen LogP contribution >= 0.6 is 0 Å². The number of aliphatic hydroxyl groups is 1. The fourth-order valence-corrected chi connectivity index (χ4v) is 3.11. The van der Waals surface area contributed by atoms with Crippen LogP contribution < -0.4 is 0 Å². The summed E-state index contributed by atoms with van der Waals surface area (Å²) < 4.78 is 0. The highest BCUT2D eigenvalue weighted by molar-refractivity contribution is 5.79. The quantitative estimate of drug-likeness (QED) is 0.287. The topological polar surface area (TPSA) is 74.6 Å². The fraction of sp³-hybridized carbons (Fsp3) is 0.727. The van der Waals surface area contributed by atoms with Crippen molar-refractivity contribution in [1.82, 2.24) is 0 Å². The Morgan fingerprint density at radius 3 is 2.27 bits per heavy atom. The lowest BCUT2D eigenvalue weighted by Crippen LogP contribution is -2.20. The summed E-state index contributed by atoms with van der Waals surface area (Å²) in [6.07, 6.45) is 15.6. The van der Waals surface area contributed by atoms with Gasteiger partial charge in [-0.25, -0.2) is 0 Å². The second-order valence-electron chi connectivity index (χ2n) is 7.11. The third-order valence-corrected chi connectivity index (χ3v) is 4.66. The average Bonchev–Trinajstić information content (AvgIpc) is 2.58. The van der Waals surface area contributed by atoms with Crippen LogP contribution in [0.4, 0.5) is 0 Å². The number of hydrogen-bond donors (Lipinski definition) is 2. The van der Waals surface area contributed by atoms with Gasteiger partial charge in [-0.3, -0.25) is 9.59 Å². The highest BCUT2D eigenvalue weighted by Gasteiger charge is 2.22. The molecule has 0 heterocycles. The van der Waals surface area contributed by atoms with Gasteiger partial charge >= 0.3 is 5.97 Å². The summed E-state index contributed by atoms with van der Waals surface area (Å²) in [6, 6.07) is 0. The van der Waals surface area contributed by atoms with E-state index in [1.54, 1.807) is 6.92 Å². The smallest absolute Gasteiger partial charge is 0.303 e. The molecular weight excluding hydrogens is 328 g/mol. The number of carboxylic acids is 1. The summed E-state index contributed by atoms with van der Waals surface area (Å²) in [4.78, 5) is 22.6. The number of rotatable bonds is 16. The number of carbonyl (C=O) groups excluding carboxylic acids is 1. The van der Waals surface area contributed by atoms with Crippen molar-refractivity contribution in [2.75, 3.05) is 0 Å². The van der Waals surface area contributed by atoms with Crippen LogP contribution in [0.3, 0.4) is 0 Å². The van der Waals surface area contributed by atoms with Crippen LogP contribution in [-0.2, 0) is 9.59 Å². The molecule has 0 amide bonds. The minimum atomic E-state index is -0.773. The molecule has 0 aliphatic carbocycles. The zero-order valence-corrected chi connectivity index (χ0v) is 16.8. The van der Waals surface area contributed by atoms with Gasteiger partial charge in [-0.1, -0.05) is 63.8 Å². The number of Topliss-reactive ketones (excluding diaryl/α,β-unsaturated/α-hetero) is 1. The van der Waals surface area contributed by atoms with Crippen LogP contribution in [0.1, 0.15) is 85.0 Å². The molecule has 0 aromatic carbocycles. The predicted molar refractivity (Wildman–Crippen MR) is 107 cm³/mol. The number of ketones is 1. The molecule has 0 rings (SSSR count). The molecule has 0 bridgehead atoms. The molecule has 150 valence electrons. The van der Waals surface area contributed by atoms with Gasteiger partial charge in [0.05, 0.1) is 6.10 Å². The first-order chi connectivity index (χ1) is 12.4. The Kier molecular flexibility index (Phi) is 14.9. The third kappa shape index (κ3) is 12.9. The van der Waals surface area contributed by atoms with Gasteiger partial charge in [0.25, 0.3) is 0 Å². The number of unbranched alkanes of at least 4 members (excludes halogenated alkanes) is 3. The maximum absolute atomic E-state index is 12.1. The van der Waals surface area contributed by atoms with Crippen molar-refractivity contribution in [3.63, 3.8) is 0 Å². The van der Waals surface area contributed by atoms with E-state index in [1.165, 1.54) is 0 Å². The maximum atomic E-state index is 12.1. The molecule has 0 aromatic rings. The molecule has 0 radical (unpaired) electrons. The molecule has 4 heteroatoms. The molecule has 4 nitrogen and oxygen atoms in total. The van der Waals surface area contributed by atoms with Crippen molar-refractivity contribution in [3.05, 3.63) is 24.3 Å². The van der Waals surface area contributed by atoms with E-state index in [1.807, 2.05) is 24.3 Å². The van der Waals surface area contributed by atoms with Gasteiger partial charge in [-0.05, 0) is 44.9 Å². The fourth-order valence-electron chi connectivity index (χ4n) is 3.11. The summed E-state index contributed by atoms with van der Waals surface area (Å²) in [7, 11) is 0. The van der Waals surface area contributed by atoms with E-state index in [-0.39, 0.29) is 24.0 Å². The second-order valence-corrected chi connectivity index (χ2v) is 7.11. The van der Waals surface area contributed by atoms with Gasteiger partial charge in [0.2, 0.25) is 0 Å². The van der Waals surface area contributed by atoms with Crippen molar-refractivity contribution in [2.45, 2.75) is 91.1 Å². The molecule has 0 spiro atoms. The van der Waals surface area contributed by atoms with Gasteiger partial charge in [0, 0.05) is 12.3 Å². The molecule has 0 aromatic heterocycles. The van der Waals surface area contributed by atoms with Crippen LogP contribution in [0.2, 0.25) is 0 Å². The second kappa shape index (κ2) is 15.8. The van der Waals surface area contributed by atoms with E-state index in [0.29, 0.717) is 12.8 Å². The highest BCUT2D eigenvalue weighted by Crippen LogP contribution is 2.25. The maximum Gasteiger partial charge on any atom is 0.303 e. The van der Waals surface area contributed by atoms with Gasteiger partial charge in [0.15, 0.2) is 0 Å². The van der Waals surface area contributed by atoms with Gasteiger partial charge in [-0.2, -0.15) is 0 Å². The molecule has 3 atom stereocenters. The minimum absolute atomic E-state index is 0.0789. The van der Waals surface area contributed by atoms with Crippen molar-refractivity contribution in [2.24, 2.45) is 11.8 Å². The monoisotopic (exact) mass is 366 g/mol. The molecule has 0 saturated carbocycles. The molecule has 2 unspecified atom stereocenters. The molecule has 0 saturated heterocycles. The zero-order valence-electron chi connectivity index (χ0n) is 16.8. The van der Waals surface area contributed by atoms with E-state index >= 15 is 0 Å².